The van der Waals surface area contributed by atoms with Gasteiger partial charge in [0, 0.05) is 18.9 Å². The monoisotopic (exact) mass is 515 g/mol. The molecule has 1 aliphatic heterocycles. The Bertz CT molecular complexity index is 907. The lowest BCUT2D eigenvalue weighted by Gasteiger charge is -2.60. The molecular weight excluding hydrogens is 462 g/mol. The van der Waals surface area contributed by atoms with Crippen molar-refractivity contribution >= 4 is 6.09 Å². The highest BCUT2D eigenvalue weighted by Crippen LogP contribution is 2.69. The van der Waals surface area contributed by atoms with Gasteiger partial charge in [-0.1, -0.05) is 20.8 Å². The molecule has 37 heavy (non-hydrogen) atoms. The van der Waals surface area contributed by atoms with Crippen LogP contribution in [0.4, 0.5) is 4.79 Å². The van der Waals surface area contributed by atoms with E-state index in [-0.39, 0.29) is 12.2 Å². The van der Waals surface area contributed by atoms with Gasteiger partial charge in [-0.25, -0.2) is 4.79 Å². The second kappa shape index (κ2) is 9.75. The van der Waals surface area contributed by atoms with E-state index in [2.05, 4.69) is 33.0 Å². The Morgan fingerprint density at radius 3 is 2.57 bits per heavy atom. The number of carbonyl (C=O) groups excluding carboxylic acids is 1. The number of nitrogens with one attached hydrogen (secondary N) is 1. The first kappa shape index (κ1) is 27.3. The highest BCUT2D eigenvalue weighted by molar-refractivity contribution is 5.67. The second-order valence-electron chi connectivity index (χ2n) is 15.1. The maximum atomic E-state index is 12.0. The van der Waals surface area contributed by atoms with Crippen molar-refractivity contribution in [3.05, 3.63) is 11.3 Å². The number of alkyl carbamates (subject to hydrolysis) is 1. The van der Waals surface area contributed by atoms with E-state index in [1.54, 1.807) is 0 Å². The van der Waals surface area contributed by atoms with Crippen LogP contribution in [0.2, 0.25) is 0 Å². The highest BCUT2D eigenvalue weighted by Gasteiger charge is 2.64. The third-order valence-electron chi connectivity index (χ3n) is 11.7. The maximum Gasteiger partial charge on any atom is 0.407 e. The summed E-state index contributed by atoms with van der Waals surface area (Å²) >= 11 is 0. The maximum absolute atomic E-state index is 12.0. The minimum atomic E-state index is -0.465. The number of hydrogen-bond acceptors (Lipinski definition) is 4. The molecule has 1 amide bonds. The molecule has 4 fully saturated rings. The van der Waals surface area contributed by atoms with Gasteiger partial charge in [0.15, 0.2) is 0 Å². The summed E-state index contributed by atoms with van der Waals surface area (Å²) in [6.45, 7) is 16.0. The predicted octanol–water partition coefficient (Wildman–Crippen LogP) is 7.23. The number of hydrogen-bond donors (Lipinski definition) is 2. The fraction of sp³-hybridized carbons (Fsp3) is 0.906. The normalized spacial score (nSPS) is 43.7. The summed E-state index contributed by atoms with van der Waals surface area (Å²) in [5, 5.41) is 13.3. The van der Waals surface area contributed by atoms with Crippen molar-refractivity contribution in [2.24, 2.45) is 46.3 Å². The Labute approximate surface area is 225 Å². The Kier molecular flexibility index (Phi) is 7.21. The summed E-state index contributed by atoms with van der Waals surface area (Å²) < 4.78 is 12.1. The average Bonchev–Trinajstić information content (AvgIpc) is 3.29. The third kappa shape index (κ3) is 4.96. The molecule has 2 N–H and O–H groups in total. The number of allylic oxidation sites excluding steroid dienone is 1. The molecule has 0 aromatic heterocycles. The molecule has 5 nitrogen and oxygen atoms in total. The van der Waals surface area contributed by atoms with Crippen molar-refractivity contribution in [1.29, 1.82) is 0 Å². The summed E-state index contributed by atoms with van der Waals surface area (Å²) in [5.41, 5.74) is 1.84. The fourth-order valence-corrected chi connectivity index (χ4v) is 9.87. The largest absolute Gasteiger partial charge is 0.494 e. The molecule has 0 aromatic rings. The first-order valence-electron chi connectivity index (χ1n) is 15.3. The zero-order valence-electron chi connectivity index (χ0n) is 24.6. The van der Waals surface area contributed by atoms with Crippen LogP contribution < -0.4 is 5.32 Å². The molecule has 10 atom stereocenters. The van der Waals surface area contributed by atoms with Crippen LogP contribution in [0.5, 0.6) is 0 Å². The molecule has 4 aliphatic carbocycles. The van der Waals surface area contributed by atoms with Crippen LogP contribution in [0, 0.1) is 46.3 Å². The van der Waals surface area contributed by atoms with Crippen LogP contribution in [-0.2, 0) is 9.47 Å². The summed E-state index contributed by atoms with van der Waals surface area (Å²) in [6, 6.07) is 0. The van der Waals surface area contributed by atoms with Gasteiger partial charge in [0.05, 0.1) is 11.9 Å². The first-order valence-corrected chi connectivity index (χ1v) is 15.3. The number of amides is 1. The molecule has 0 bridgehead atoms. The summed E-state index contributed by atoms with van der Waals surface area (Å²) in [7, 11) is 0. The summed E-state index contributed by atoms with van der Waals surface area (Å²) in [6.07, 6.45) is 11.8. The van der Waals surface area contributed by atoms with Gasteiger partial charge in [0.1, 0.15) is 11.7 Å². The standard InChI is InChI=1S/C32H53NO4/c1-19(18-33-29(35)37-30(3,4)5)8-11-26-20(2)28-27(36-26)17-25-23-10-9-21-16-22(34)12-14-31(21,6)24(23)13-15-32(25,28)7/h19,21-25,27-28,34H,8-18H2,1-7H3,(H,33,35)/t19-,21-,22-,23+,24-,25-,27-,28?,31-,32-/m0/s1. The van der Waals surface area contributed by atoms with E-state index in [1.165, 1.54) is 49.9 Å². The minimum absolute atomic E-state index is 0.0651. The zero-order valence-corrected chi connectivity index (χ0v) is 24.6. The number of fused-ring (bicyclic) bond motifs is 7. The average molecular weight is 516 g/mol. The molecule has 5 heteroatoms. The van der Waals surface area contributed by atoms with Crippen molar-refractivity contribution in [1.82, 2.24) is 5.32 Å². The van der Waals surface area contributed by atoms with Gasteiger partial charge >= 0.3 is 6.09 Å². The second-order valence-corrected chi connectivity index (χ2v) is 15.1. The number of rotatable bonds is 5. The topological polar surface area (TPSA) is 67.8 Å². The number of aliphatic hydroxyl groups is 1. The van der Waals surface area contributed by atoms with Crippen LogP contribution in [0.15, 0.2) is 11.3 Å². The molecular formula is C32H53NO4. The van der Waals surface area contributed by atoms with Crippen molar-refractivity contribution in [2.75, 3.05) is 6.54 Å². The van der Waals surface area contributed by atoms with Gasteiger partial charge in [-0.05, 0) is 131 Å². The quantitative estimate of drug-likeness (QED) is 0.405. The number of ether oxygens (including phenoxy) is 2. The Balaban J connectivity index is 1.20. The molecule has 210 valence electrons. The van der Waals surface area contributed by atoms with E-state index in [0.717, 1.165) is 49.4 Å². The Morgan fingerprint density at radius 1 is 1.11 bits per heavy atom. The van der Waals surface area contributed by atoms with E-state index in [0.29, 0.717) is 35.3 Å². The van der Waals surface area contributed by atoms with Crippen molar-refractivity contribution in [2.45, 2.75) is 130 Å². The van der Waals surface area contributed by atoms with Gasteiger partial charge in [-0.3, -0.25) is 0 Å². The van der Waals surface area contributed by atoms with Crippen LogP contribution >= 0.6 is 0 Å². The lowest BCUT2D eigenvalue weighted by atomic mass is 9.44. The lowest BCUT2D eigenvalue weighted by molar-refractivity contribution is -0.124. The molecule has 0 aromatic carbocycles. The molecule has 5 aliphatic rings. The van der Waals surface area contributed by atoms with Gasteiger partial charge in [-0.2, -0.15) is 0 Å². The molecule has 5 rings (SSSR count). The zero-order chi connectivity index (χ0) is 26.8. The molecule has 1 unspecified atom stereocenters. The van der Waals surface area contributed by atoms with Crippen LogP contribution in [0.1, 0.15) is 113 Å². The molecule has 4 saturated carbocycles. The summed E-state index contributed by atoms with van der Waals surface area (Å²) in [5.74, 6) is 5.34. The van der Waals surface area contributed by atoms with E-state index in [4.69, 9.17) is 9.47 Å². The van der Waals surface area contributed by atoms with Crippen molar-refractivity contribution in [3.8, 4) is 0 Å². The summed E-state index contributed by atoms with van der Waals surface area (Å²) in [4.78, 5) is 12.0. The molecule has 0 radical (unpaired) electrons. The van der Waals surface area contributed by atoms with E-state index < -0.39 is 5.60 Å². The Hall–Kier alpha value is -1.23. The SMILES string of the molecule is CC1=C(CC[C@H](C)CNC(=O)OC(C)(C)C)O[C@H]2C[C@H]3[C@@H]4CC[C@H]5C[C@@H](O)CC[C@]5(C)[C@H]4CC[C@]3(C)C12. The van der Waals surface area contributed by atoms with Gasteiger partial charge in [-0.15, -0.1) is 0 Å². The van der Waals surface area contributed by atoms with Crippen LogP contribution in [0.3, 0.4) is 0 Å². The first-order chi connectivity index (χ1) is 17.3. The minimum Gasteiger partial charge on any atom is -0.494 e. The van der Waals surface area contributed by atoms with E-state index >= 15 is 0 Å². The number of carbonyl (C=O) groups is 1. The number of aliphatic hydroxyl groups excluding tert-OH is 1. The fourth-order valence-electron chi connectivity index (χ4n) is 9.87. The van der Waals surface area contributed by atoms with Gasteiger partial charge in [0.25, 0.3) is 0 Å². The molecule has 1 heterocycles. The Morgan fingerprint density at radius 2 is 1.84 bits per heavy atom. The van der Waals surface area contributed by atoms with E-state index in [9.17, 15) is 9.90 Å². The van der Waals surface area contributed by atoms with Gasteiger partial charge < -0.3 is 19.9 Å². The molecule has 0 saturated heterocycles. The predicted molar refractivity (Wildman–Crippen MR) is 147 cm³/mol. The van der Waals surface area contributed by atoms with Crippen molar-refractivity contribution < 1.29 is 19.4 Å². The molecule has 0 spiro atoms. The smallest absolute Gasteiger partial charge is 0.407 e. The van der Waals surface area contributed by atoms with Crippen LogP contribution in [-0.4, -0.2) is 35.6 Å². The van der Waals surface area contributed by atoms with Crippen LogP contribution in [0.25, 0.3) is 0 Å². The van der Waals surface area contributed by atoms with Crippen molar-refractivity contribution in [3.63, 3.8) is 0 Å². The highest BCUT2D eigenvalue weighted by atomic mass is 16.6. The van der Waals surface area contributed by atoms with E-state index in [1.807, 2.05) is 20.8 Å². The lowest BCUT2D eigenvalue weighted by Crippen LogP contribution is -2.54. The van der Waals surface area contributed by atoms with Gasteiger partial charge in [0.2, 0.25) is 0 Å². The third-order valence-corrected chi connectivity index (χ3v) is 11.7.